The van der Waals surface area contributed by atoms with E-state index < -0.39 is 0 Å². The van der Waals surface area contributed by atoms with E-state index in [2.05, 4.69) is 46.5 Å². The Morgan fingerprint density at radius 2 is 1.97 bits per heavy atom. The molecule has 7 nitrogen and oxygen atoms in total. The Balaban J connectivity index is 0.00000341. The molecule has 172 valence electrons. The summed E-state index contributed by atoms with van der Waals surface area (Å²) in [5.74, 6) is 1.02. The summed E-state index contributed by atoms with van der Waals surface area (Å²) < 4.78 is 12.9. The summed E-state index contributed by atoms with van der Waals surface area (Å²) in [4.78, 5) is 7.23. The van der Waals surface area contributed by atoms with Crippen LogP contribution in [0.25, 0.3) is 5.69 Å². The van der Waals surface area contributed by atoms with E-state index in [1.807, 2.05) is 16.9 Å². The van der Waals surface area contributed by atoms with Crippen LogP contribution in [0.2, 0.25) is 0 Å². The number of guanidine groups is 1. The predicted molar refractivity (Wildman–Crippen MR) is 136 cm³/mol. The van der Waals surface area contributed by atoms with Gasteiger partial charge in [0.2, 0.25) is 0 Å². The first kappa shape index (κ1) is 25.6. The van der Waals surface area contributed by atoms with Crippen LogP contribution in [0.3, 0.4) is 0 Å². The maximum atomic E-state index is 5.98. The molecule has 0 amide bonds. The van der Waals surface area contributed by atoms with Crippen molar-refractivity contribution in [3.8, 4) is 5.69 Å². The van der Waals surface area contributed by atoms with Crippen molar-refractivity contribution in [2.45, 2.75) is 38.7 Å². The van der Waals surface area contributed by atoms with Crippen molar-refractivity contribution in [3.05, 3.63) is 48.3 Å². The van der Waals surface area contributed by atoms with E-state index in [0.29, 0.717) is 6.10 Å². The van der Waals surface area contributed by atoms with Crippen molar-refractivity contribution in [1.82, 2.24) is 20.0 Å². The summed E-state index contributed by atoms with van der Waals surface area (Å²) in [5, 5.41) is 7.72. The van der Waals surface area contributed by atoms with E-state index in [1.165, 1.54) is 5.56 Å². The van der Waals surface area contributed by atoms with Crippen molar-refractivity contribution < 1.29 is 9.47 Å². The lowest BCUT2D eigenvalue weighted by atomic mass is 10.1. The average molecular weight is 541 g/mol. The van der Waals surface area contributed by atoms with Crippen molar-refractivity contribution in [2.24, 2.45) is 4.99 Å². The molecular weight excluding hydrogens is 505 g/mol. The van der Waals surface area contributed by atoms with Crippen LogP contribution in [-0.4, -0.2) is 73.2 Å². The smallest absolute Gasteiger partial charge is 0.193 e. The van der Waals surface area contributed by atoms with Crippen LogP contribution in [0.5, 0.6) is 0 Å². The van der Waals surface area contributed by atoms with E-state index in [0.717, 1.165) is 76.7 Å². The molecule has 0 atom stereocenters. The molecule has 1 aromatic carbocycles. The molecule has 0 aliphatic carbocycles. The summed E-state index contributed by atoms with van der Waals surface area (Å²) in [6.07, 6.45) is 8.08. The molecule has 1 N–H and O–H groups in total. The minimum atomic E-state index is 0. The number of piperidine rings is 1. The van der Waals surface area contributed by atoms with Crippen LogP contribution in [0, 0.1) is 0 Å². The minimum Gasteiger partial charge on any atom is -0.385 e. The van der Waals surface area contributed by atoms with E-state index >= 15 is 0 Å². The lowest BCUT2D eigenvalue weighted by Crippen LogP contribution is -2.47. The second-order valence-electron chi connectivity index (χ2n) is 7.51. The fraction of sp³-hybridized carbons (Fsp3) is 0.565. The van der Waals surface area contributed by atoms with Gasteiger partial charge >= 0.3 is 0 Å². The summed E-state index contributed by atoms with van der Waals surface area (Å²) in [6.45, 7) is 7.30. The molecule has 0 bridgehead atoms. The Bertz CT molecular complexity index is 744. The molecule has 1 fully saturated rings. The third-order valence-electron chi connectivity index (χ3n) is 5.29. The number of nitrogens with one attached hydrogen (secondary N) is 1. The van der Waals surface area contributed by atoms with Crippen LogP contribution in [0.1, 0.15) is 31.7 Å². The summed E-state index contributed by atoms with van der Waals surface area (Å²) in [7, 11) is 1.73. The van der Waals surface area contributed by atoms with Crippen LogP contribution in [-0.2, 0) is 15.9 Å². The first-order valence-electron chi connectivity index (χ1n) is 11.0. The molecule has 1 aromatic heterocycles. The molecule has 3 rings (SSSR count). The molecule has 1 saturated heterocycles. The second kappa shape index (κ2) is 14.4. The number of halogens is 1. The molecule has 0 saturated carbocycles. The largest absolute Gasteiger partial charge is 0.385 e. The van der Waals surface area contributed by atoms with Crippen LogP contribution >= 0.6 is 24.0 Å². The van der Waals surface area contributed by atoms with Crippen molar-refractivity contribution in [3.63, 3.8) is 0 Å². The van der Waals surface area contributed by atoms with Crippen molar-refractivity contribution in [2.75, 3.05) is 46.5 Å². The zero-order chi connectivity index (χ0) is 21.0. The van der Waals surface area contributed by atoms with Gasteiger partial charge in [0.1, 0.15) is 0 Å². The maximum Gasteiger partial charge on any atom is 0.193 e. The van der Waals surface area contributed by atoms with Gasteiger partial charge in [-0.1, -0.05) is 12.1 Å². The molecule has 2 heterocycles. The zero-order valence-electron chi connectivity index (χ0n) is 18.7. The van der Waals surface area contributed by atoms with Crippen LogP contribution in [0.15, 0.2) is 47.7 Å². The van der Waals surface area contributed by atoms with Crippen molar-refractivity contribution >= 4 is 29.9 Å². The number of likely N-dealkylation sites (tertiary alicyclic amines) is 1. The lowest BCUT2D eigenvalue weighted by Gasteiger charge is -2.34. The van der Waals surface area contributed by atoms with Gasteiger partial charge in [-0.15, -0.1) is 24.0 Å². The summed E-state index contributed by atoms with van der Waals surface area (Å²) in [6, 6.07) is 10.5. The number of benzene rings is 1. The van der Waals surface area contributed by atoms with Gasteiger partial charge in [-0.05, 0) is 56.4 Å². The predicted octanol–water partition coefficient (Wildman–Crippen LogP) is 3.52. The standard InChI is InChI=1S/C23H35N5O2.HI/c1-3-24-23(27-16-11-22(12-17-27)30-19-5-18-29-2)25-14-10-20-6-8-21(9-7-20)28-15-4-13-26-28;/h4,6-9,13,15,22H,3,5,10-12,14,16-19H2,1-2H3,(H,24,25);1H. The molecule has 8 heteroatoms. The first-order chi connectivity index (χ1) is 14.8. The molecule has 0 radical (unpaired) electrons. The van der Waals surface area contributed by atoms with Gasteiger partial charge in [0.25, 0.3) is 0 Å². The molecule has 0 spiro atoms. The number of rotatable bonds is 10. The molecule has 31 heavy (non-hydrogen) atoms. The Hall–Kier alpha value is -1.65. The highest BCUT2D eigenvalue weighted by atomic mass is 127. The average Bonchev–Trinajstić information content (AvgIpc) is 3.32. The molecule has 1 aliphatic rings. The van der Waals surface area contributed by atoms with Crippen molar-refractivity contribution in [1.29, 1.82) is 0 Å². The third kappa shape index (κ3) is 8.42. The molecule has 1 aliphatic heterocycles. The fourth-order valence-corrected chi connectivity index (χ4v) is 3.64. The number of aromatic nitrogens is 2. The maximum absolute atomic E-state index is 5.98. The third-order valence-corrected chi connectivity index (χ3v) is 5.29. The summed E-state index contributed by atoms with van der Waals surface area (Å²) >= 11 is 0. The van der Waals surface area contributed by atoms with Gasteiger partial charge in [-0.25, -0.2) is 4.68 Å². The van der Waals surface area contributed by atoms with Gasteiger partial charge in [-0.3, -0.25) is 4.99 Å². The van der Waals surface area contributed by atoms with E-state index in [1.54, 1.807) is 13.3 Å². The summed E-state index contributed by atoms with van der Waals surface area (Å²) in [5.41, 5.74) is 2.36. The fourth-order valence-electron chi connectivity index (χ4n) is 3.64. The van der Waals surface area contributed by atoms with Crippen LogP contribution in [0.4, 0.5) is 0 Å². The normalized spacial score (nSPS) is 15.0. The lowest BCUT2D eigenvalue weighted by molar-refractivity contribution is 0.00991. The number of methoxy groups -OCH3 is 1. The second-order valence-corrected chi connectivity index (χ2v) is 7.51. The van der Waals surface area contributed by atoms with E-state index in [4.69, 9.17) is 14.5 Å². The number of ether oxygens (including phenoxy) is 2. The van der Waals surface area contributed by atoms with Gasteiger partial charge in [0, 0.05) is 58.9 Å². The molecular formula is C23H36IN5O2. The minimum absolute atomic E-state index is 0. The van der Waals surface area contributed by atoms with Gasteiger partial charge in [0.15, 0.2) is 5.96 Å². The monoisotopic (exact) mass is 541 g/mol. The quantitative estimate of drug-likeness (QED) is 0.216. The van der Waals surface area contributed by atoms with Gasteiger partial charge in [-0.2, -0.15) is 5.10 Å². The van der Waals surface area contributed by atoms with Crippen LogP contribution < -0.4 is 5.32 Å². The number of aliphatic imine (C=N–C) groups is 1. The number of hydrogen-bond acceptors (Lipinski definition) is 4. The van der Waals surface area contributed by atoms with E-state index in [-0.39, 0.29) is 24.0 Å². The number of hydrogen-bond donors (Lipinski definition) is 1. The SMILES string of the molecule is CCNC(=NCCc1ccc(-n2cccn2)cc1)N1CCC(OCCCOC)CC1.I. The Morgan fingerprint density at radius 3 is 2.61 bits per heavy atom. The highest BCUT2D eigenvalue weighted by Crippen LogP contribution is 2.14. The Morgan fingerprint density at radius 1 is 1.19 bits per heavy atom. The number of nitrogens with zero attached hydrogens (tertiary/aromatic N) is 4. The topological polar surface area (TPSA) is 63.9 Å². The van der Waals surface area contributed by atoms with Gasteiger partial charge < -0.3 is 19.7 Å². The van der Waals surface area contributed by atoms with Gasteiger partial charge in [0.05, 0.1) is 11.8 Å². The zero-order valence-corrected chi connectivity index (χ0v) is 21.0. The Kier molecular flexibility index (Phi) is 11.9. The molecule has 0 unspecified atom stereocenters. The molecule has 2 aromatic rings. The highest BCUT2D eigenvalue weighted by molar-refractivity contribution is 14.0. The Labute approximate surface area is 203 Å². The highest BCUT2D eigenvalue weighted by Gasteiger charge is 2.21. The van der Waals surface area contributed by atoms with E-state index in [9.17, 15) is 0 Å². The first-order valence-corrected chi connectivity index (χ1v) is 11.0.